The van der Waals surface area contributed by atoms with E-state index in [1.54, 1.807) is 0 Å². The summed E-state index contributed by atoms with van der Waals surface area (Å²) in [5.41, 5.74) is 0. The van der Waals surface area contributed by atoms with E-state index in [1.807, 2.05) is 0 Å². The molecule has 0 radical (unpaired) electrons. The Balaban J connectivity index is 3.99. The second-order valence-electron chi connectivity index (χ2n) is 24.2. The summed E-state index contributed by atoms with van der Waals surface area (Å²) in [7, 11) is 0. The summed E-state index contributed by atoms with van der Waals surface area (Å²) in [5.74, 6) is -0.833. The molecule has 0 N–H and O–H groups in total. The van der Waals surface area contributed by atoms with Crippen molar-refractivity contribution >= 4 is 17.9 Å². The minimum absolute atomic E-state index is 0.0623. The van der Waals surface area contributed by atoms with Gasteiger partial charge in [-0.3, -0.25) is 14.4 Å². The van der Waals surface area contributed by atoms with E-state index < -0.39 is 6.10 Å². The van der Waals surface area contributed by atoms with E-state index in [0.29, 0.717) is 19.3 Å². The second kappa shape index (κ2) is 66.7. The highest BCUT2D eigenvalue weighted by molar-refractivity contribution is 5.71. The van der Waals surface area contributed by atoms with Gasteiger partial charge in [0.25, 0.3) is 0 Å². The number of unbranched alkanes of at least 4 members (excludes halogenated alkanes) is 53. The minimum atomic E-state index is -0.763. The molecule has 1 atom stereocenters. The summed E-state index contributed by atoms with van der Waals surface area (Å²) in [5, 5.41) is 0. The molecule has 0 saturated heterocycles. The van der Waals surface area contributed by atoms with Gasteiger partial charge in [0.15, 0.2) is 6.10 Å². The first kappa shape index (κ1) is 75.2. The zero-order valence-corrected chi connectivity index (χ0v) is 52.5. The number of rotatable bonds is 66. The highest BCUT2D eigenvalue weighted by Crippen LogP contribution is 2.19. The fourth-order valence-corrected chi connectivity index (χ4v) is 11.0. The first-order chi connectivity index (χ1) is 38.0. The molecule has 0 aromatic rings. The van der Waals surface area contributed by atoms with Crippen molar-refractivity contribution in [2.75, 3.05) is 13.2 Å². The van der Waals surface area contributed by atoms with E-state index in [4.69, 9.17) is 14.2 Å². The van der Waals surface area contributed by atoms with Crippen molar-refractivity contribution in [2.45, 2.75) is 412 Å². The first-order valence-electron chi connectivity index (χ1n) is 35.2. The molecule has 0 bridgehead atoms. The Morgan fingerprint density at radius 2 is 0.429 bits per heavy atom. The first-order valence-corrected chi connectivity index (χ1v) is 35.2. The maximum atomic E-state index is 12.9. The summed E-state index contributed by atoms with van der Waals surface area (Å²) in [6.07, 6.45) is 79.8. The van der Waals surface area contributed by atoms with Crippen molar-refractivity contribution in [1.29, 1.82) is 0 Å². The Labute approximate surface area is 481 Å². The topological polar surface area (TPSA) is 78.9 Å². The van der Waals surface area contributed by atoms with Crippen LogP contribution in [0.15, 0.2) is 12.2 Å². The quantitative estimate of drug-likeness (QED) is 0.0261. The molecule has 0 fully saturated rings. The lowest BCUT2D eigenvalue weighted by Crippen LogP contribution is -2.30. The van der Waals surface area contributed by atoms with Crippen LogP contribution in [-0.2, 0) is 28.6 Å². The third kappa shape index (κ3) is 64.9. The largest absolute Gasteiger partial charge is 0.462 e. The molecule has 6 heteroatoms. The summed E-state index contributed by atoms with van der Waals surface area (Å²) in [4.78, 5) is 38.2. The zero-order chi connectivity index (χ0) is 55.7. The average molecular weight is 1090 g/mol. The van der Waals surface area contributed by atoms with Gasteiger partial charge < -0.3 is 14.2 Å². The molecule has 0 amide bonds. The van der Waals surface area contributed by atoms with Gasteiger partial charge in [-0.2, -0.15) is 0 Å². The summed E-state index contributed by atoms with van der Waals surface area (Å²) in [6.45, 7) is 6.70. The van der Waals surface area contributed by atoms with Gasteiger partial charge in [0.2, 0.25) is 0 Å². The average Bonchev–Trinajstić information content (AvgIpc) is 3.43. The predicted octanol–water partition coefficient (Wildman–Crippen LogP) is 24.0. The summed E-state index contributed by atoms with van der Waals surface area (Å²) in [6, 6.07) is 0. The van der Waals surface area contributed by atoms with Gasteiger partial charge in [0.1, 0.15) is 13.2 Å². The Hall–Kier alpha value is -1.85. The number of hydrogen-bond donors (Lipinski definition) is 0. The molecule has 1 unspecified atom stereocenters. The number of carbonyl (C=O) groups excluding carboxylic acids is 3. The molecule has 0 aliphatic heterocycles. The van der Waals surface area contributed by atoms with Gasteiger partial charge in [-0.1, -0.05) is 354 Å². The fraction of sp³-hybridized carbons (Fsp3) is 0.930. The highest BCUT2D eigenvalue weighted by atomic mass is 16.6. The van der Waals surface area contributed by atoms with Gasteiger partial charge in [-0.25, -0.2) is 0 Å². The third-order valence-corrected chi connectivity index (χ3v) is 16.3. The molecule has 0 spiro atoms. The van der Waals surface area contributed by atoms with Crippen LogP contribution in [-0.4, -0.2) is 37.2 Å². The molecule has 0 aliphatic rings. The normalized spacial score (nSPS) is 12.0. The van der Waals surface area contributed by atoms with E-state index in [9.17, 15) is 14.4 Å². The van der Waals surface area contributed by atoms with Crippen LogP contribution < -0.4 is 0 Å². The molecule has 6 nitrogen and oxygen atoms in total. The minimum Gasteiger partial charge on any atom is -0.462 e. The monoisotopic (exact) mass is 1090 g/mol. The molecule has 0 aromatic carbocycles. The lowest BCUT2D eigenvalue weighted by molar-refractivity contribution is -0.167. The molecule has 0 heterocycles. The fourth-order valence-electron chi connectivity index (χ4n) is 11.0. The predicted molar refractivity (Wildman–Crippen MR) is 335 cm³/mol. The Morgan fingerprint density at radius 3 is 0.649 bits per heavy atom. The molecule has 0 aliphatic carbocycles. The van der Waals surface area contributed by atoms with Crippen LogP contribution in [0.4, 0.5) is 0 Å². The molecule has 0 rings (SSSR count). The van der Waals surface area contributed by atoms with E-state index in [2.05, 4.69) is 32.9 Å². The van der Waals surface area contributed by atoms with Crippen LogP contribution in [0.25, 0.3) is 0 Å². The number of carbonyl (C=O) groups is 3. The van der Waals surface area contributed by atoms with E-state index in [1.165, 1.54) is 308 Å². The lowest BCUT2D eigenvalue weighted by Gasteiger charge is -2.18. The molecule has 0 saturated carbocycles. The SMILES string of the molecule is CCCCCCCCCC/C=C\CCCCCCCCCCCCCCCCCCCCCCCC(=O)OCC(COC(=O)CCCCCCCCCCC)OC(=O)CCCCCCCCCCCCCCCCCCC. The maximum absolute atomic E-state index is 12.9. The lowest BCUT2D eigenvalue weighted by atomic mass is 10.0. The Kier molecular flexibility index (Phi) is 65.1. The van der Waals surface area contributed by atoms with E-state index in [-0.39, 0.29) is 31.1 Å². The summed E-state index contributed by atoms with van der Waals surface area (Å²) >= 11 is 0. The Bertz CT molecular complexity index is 1200. The van der Waals surface area contributed by atoms with Crippen molar-refractivity contribution in [1.82, 2.24) is 0 Å². The molecule has 456 valence electrons. The third-order valence-electron chi connectivity index (χ3n) is 16.3. The van der Waals surface area contributed by atoms with E-state index >= 15 is 0 Å². The van der Waals surface area contributed by atoms with Crippen molar-refractivity contribution < 1.29 is 28.6 Å². The highest BCUT2D eigenvalue weighted by Gasteiger charge is 2.19. The van der Waals surface area contributed by atoms with Crippen molar-refractivity contribution in [3.05, 3.63) is 12.2 Å². The van der Waals surface area contributed by atoms with E-state index in [0.717, 1.165) is 57.8 Å². The van der Waals surface area contributed by atoms with Crippen LogP contribution in [0.5, 0.6) is 0 Å². The zero-order valence-electron chi connectivity index (χ0n) is 52.5. The maximum Gasteiger partial charge on any atom is 0.306 e. The van der Waals surface area contributed by atoms with Gasteiger partial charge >= 0.3 is 17.9 Å². The number of esters is 3. The van der Waals surface area contributed by atoms with Crippen LogP contribution in [0.2, 0.25) is 0 Å². The molecule has 77 heavy (non-hydrogen) atoms. The van der Waals surface area contributed by atoms with Crippen LogP contribution in [0, 0.1) is 0 Å². The molecular weight excluding hydrogens is 949 g/mol. The van der Waals surface area contributed by atoms with Crippen LogP contribution >= 0.6 is 0 Å². The molecule has 0 aromatic heterocycles. The van der Waals surface area contributed by atoms with Crippen molar-refractivity contribution in [3.8, 4) is 0 Å². The van der Waals surface area contributed by atoms with Gasteiger partial charge in [0.05, 0.1) is 0 Å². The van der Waals surface area contributed by atoms with Gasteiger partial charge in [0, 0.05) is 19.3 Å². The van der Waals surface area contributed by atoms with Gasteiger partial charge in [-0.15, -0.1) is 0 Å². The number of allylic oxidation sites excluding steroid dienone is 2. The number of ether oxygens (including phenoxy) is 3. The van der Waals surface area contributed by atoms with Gasteiger partial charge in [-0.05, 0) is 44.9 Å². The number of hydrogen-bond acceptors (Lipinski definition) is 6. The standard InChI is InChI=1S/C71H136O6/c1-4-7-10-13-16-19-21-23-25-27-28-29-30-31-32-33-34-35-36-37-38-39-40-41-42-44-45-47-49-52-55-58-61-64-70(73)76-67-68(66-75-69(72)63-60-57-54-51-18-15-12-9-6-3)77-71(74)65-62-59-56-53-50-48-46-43-26-24-22-20-17-14-11-8-5-2/h27-28,68H,4-26,29-67H2,1-3H3/b28-27-. The molecular formula is C71H136O6. The smallest absolute Gasteiger partial charge is 0.306 e. The summed E-state index contributed by atoms with van der Waals surface area (Å²) < 4.78 is 16.9. The second-order valence-corrected chi connectivity index (χ2v) is 24.2. The van der Waals surface area contributed by atoms with Crippen molar-refractivity contribution in [2.24, 2.45) is 0 Å². The van der Waals surface area contributed by atoms with Crippen molar-refractivity contribution in [3.63, 3.8) is 0 Å². The van der Waals surface area contributed by atoms with Crippen LogP contribution in [0.3, 0.4) is 0 Å². The van der Waals surface area contributed by atoms with Crippen LogP contribution in [0.1, 0.15) is 406 Å². The Morgan fingerprint density at radius 1 is 0.247 bits per heavy atom.